The number of H-pyrrole nitrogens is 1. The molecule has 1 saturated heterocycles. The first kappa shape index (κ1) is 25.8. The molecule has 3 aliphatic rings. The summed E-state index contributed by atoms with van der Waals surface area (Å²) in [6, 6.07) is 25.7. The number of aromatic nitrogens is 2. The Balaban J connectivity index is 1.35. The van der Waals surface area contributed by atoms with Crippen LogP contribution >= 0.6 is 0 Å². The van der Waals surface area contributed by atoms with Gasteiger partial charge >= 0.3 is 0 Å². The van der Waals surface area contributed by atoms with E-state index in [-0.39, 0.29) is 29.9 Å². The van der Waals surface area contributed by atoms with Gasteiger partial charge in [0.05, 0.1) is 34.3 Å². The van der Waals surface area contributed by atoms with Crippen LogP contribution in [0.2, 0.25) is 0 Å². The fraction of sp³-hybridized carbons (Fsp3) is 0.278. The van der Waals surface area contributed by atoms with Crippen LogP contribution < -0.4 is 5.32 Å². The number of rotatable bonds is 4. The molecule has 4 aromatic carbocycles. The van der Waals surface area contributed by atoms with Crippen LogP contribution in [0.1, 0.15) is 39.6 Å². The van der Waals surface area contributed by atoms with Crippen LogP contribution in [-0.2, 0) is 21.7 Å². The van der Waals surface area contributed by atoms with Crippen LogP contribution in [0.15, 0.2) is 78.9 Å². The first-order valence-electron chi connectivity index (χ1n) is 15.2. The number of methoxy groups -OCH3 is 1. The van der Waals surface area contributed by atoms with Gasteiger partial charge in [0.15, 0.2) is 5.72 Å². The van der Waals surface area contributed by atoms with Crippen LogP contribution in [0, 0.1) is 5.92 Å². The number of aromatic amines is 1. The van der Waals surface area contributed by atoms with Gasteiger partial charge in [-0.15, -0.1) is 0 Å². The summed E-state index contributed by atoms with van der Waals surface area (Å²) in [6.45, 7) is 2.56. The minimum absolute atomic E-state index is 0.00508. The Hall–Kier alpha value is -4.66. The summed E-state index contributed by atoms with van der Waals surface area (Å²) in [5.41, 5.74) is 5.26. The first-order valence-corrected chi connectivity index (χ1v) is 15.2. The standard InChI is InChI=1S/C36H32N4O4/c1-36(33(43-3)31(22-17-26(22)44-36)39(2)35(42)19-11-5-4-6-12-19)40-25-16-10-8-14-21(25)27-23-18-37-34(41)29(23)28-20-13-7-9-15-24(20)38-30(28)32(27)40/h4-16,22,26,31,33,38H,17-18H2,1-3H3,(H,37,41)/t22?,26-,31-,33-,36+/m1/s1. The third-order valence-corrected chi connectivity index (χ3v) is 10.3. The number of para-hydroxylation sites is 2. The minimum atomic E-state index is -0.974. The van der Waals surface area contributed by atoms with Crippen molar-refractivity contribution >= 4 is 55.4 Å². The third-order valence-electron chi connectivity index (χ3n) is 10.3. The molecule has 2 amide bonds. The lowest BCUT2D eigenvalue weighted by Crippen LogP contribution is -2.61. The van der Waals surface area contributed by atoms with Gasteiger partial charge in [0.25, 0.3) is 11.8 Å². The van der Waals surface area contributed by atoms with Crippen LogP contribution in [-0.4, -0.2) is 58.7 Å². The maximum atomic E-state index is 13.8. The lowest BCUT2D eigenvalue weighted by molar-refractivity contribution is -0.224. The maximum absolute atomic E-state index is 13.8. The molecule has 0 radical (unpaired) electrons. The second kappa shape index (κ2) is 8.94. The molecule has 2 aromatic heterocycles. The predicted molar refractivity (Wildman–Crippen MR) is 170 cm³/mol. The fourth-order valence-corrected chi connectivity index (χ4v) is 8.33. The molecule has 44 heavy (non-hydrogen) atoms. The van der Waals surface area contributed by atoms with E-state index in [4.69, 9.17) is 9.47 Å². The Kier molecular flexibility index (Phi) is 5.24. The van der Waals surface area contributed by atoms with Crippen LogP contribution in [0.4, 0.5) is 0 Å². The number of nitrogens with zero attached hydrogens (tertiary/aromatic N) is 2. The molecule has 8 heteroatoms. The topological polar surface area (TPSA) is 88.6 Å². The number of carbonyl (C=O) groups excluding carboxylic acids is 2. The maximum Gasteiger partial charge on any atom is 0.253 e. The number of fused-ring (bicyclic) bond motifs is 11. The molecule has 4 heterocycles. The van der Waals surface area contributed by atoms with Crippen molar-refractivity contribution in [2.75, 3.05) is 14.2 Å². The molecule has 6 aromatic rings. The van der Waals surface area contributed by atoms with Gasteiger partial charge in [-0.05, 0) is 43.2 Å². The van der Waals surface area contributed by atoms with E-state index in [0.717, 1.165) is 61.2 Å². The van der Waals surface area contributed by atoms with Gasteiger partial charge in [-0.3, -0.25) is 9.59 Å². The van der Waals surface area contributed by atoms with Crippen molar-refractivity contribution in [1.29, 1.82) is 0 Å². The van der Waals surface area contributed by atoms with Crippen LogP contribution in [0.5, 0.6) is 0 Å². The number of benzene rings is 4. The molecule has 2 fully saturated rings. The summed E-state index contributed by atoms with van der Waals surface area (Å²) in [6.07, 6.45) is 0.379. The Bertz CT molecular complexity index is 2180. The number of hydrogen-bond donors (Lipinski definition) is 2. The molecule has 1 unspecified atom stereocenters. The summed E-state index contributed by atoms with van der Waals surface area (Å²) >= 11 is 0. The summed E-state index contributed by atoms with van der Waals surface area (Å²) in [7, 11) is 3.61. The fourth-order valence-electron chi connectivity index (χ4n) is 8.33. The highest BCUT2D eigenvalue weighted by molar-refractivity contribution is 6.30. The van der Waals surface area contributed by atoms with Gasteiger partial charge in [0.2, 0.25) is 0 Å². The van der Waals surface area contributed by atoms with E-state index < -0.39 is 11.8 Å². The number of amides is 2. The summed E-state index contributed by atoms with van der Waals surface area (Å²) in [4.78, 5) is 32.8. The molecule has 1 saturated carbocycles. The zero-order chi connectivity index (χ0) is 29.9. The van der Waals surface area contributed by atoms with E-state index in [2.05, 4.69) is 46.1 Å². The number of hydrogen-bond acceptors (Lipinski definition) is 4. The van der Waals surface area contributed by atoms with E-state index in [1.54, 1.807) is 7.11 Å². The van der Waals surface area contributed by atoms with E-state index in [1.165, 1.54) is 0 Å². The third kappa shape index (κ3) is 3.24. The quantitative estimate of drug-likeness (QED) is 0.269. The van der Waals surface area contributed by atoms with Gasteiger partial charge in [-0.1, -0.05) is 54.6 Å². The Morgan fingerprint density at radius 1 is 1.00 bits per heavy atom. The second-order valence-electron chi connectivity index (χ2n) is 12.6. The van der Waals surface area contributed by atoms with Crippen molar-refractivity contribution in [3.63, 3.8) is 0 Å². The van der Waals surface area contributed by atoms with Gasteiger partial charge in [-0.2, -0.15) is 0 Å². The highest BCUT2D eigenvalue weighted by Crippen LogP contribution is 2.54. The lowest BCUT2D eigenvalue weighted by atomic mass is 9.91. The second-order valence-corrected chi connectivity index (χ2v) is 12.6. The summed E-state index contributed by atoms with van der Waals surface area (Å²) < 4.78 is 15.7. The van der Waals surface area contributed by atoms with Gasteiger partial charge in [-0.25, -0.2) is 0 Å². The van der Waals surface area contributed by atoms with Crippen LogP contribution in [0.3, 0.4) is 0 Å². The van der Waals surface area contributed by atoms with Gasteiger partial charge < -0.3 is 29.2 Å². The zero-order valence-electron chi connectivity index (χ0n) is 24.8. The molecule has 9 rings (SSSR count). The highest BCUT2D eigenvalue weighted by Gasteiger charge is 2.63. The molecule has 1 aliphatic carbocycles. The number of carbonyl (C=O) groups is 2. The van der Waals surface area contributed by atoms with Crippen molar-refractivity contribution in [3.05, 3.63) is 95.6 Å². The number of ether oxygens (including phenoxy) is 2. The summed E-state index contributed by atoms with van der Waals surface area (Å²) in [5, 5.41) is 7.14. The molecule has 0 spiro atoms. The molecule has 5 atom stereocenters. The molecule has 0 bridgehead atoms. The zero-order valence-corrected chi connectivity index (χ0v) is 24.8. The van der Waals surface area contributed by atoms with E-state index in [1.807, 2.05) is 66.5 Å². The number of nitrogens with one attached hydrogen (secondary N) is 2. The Morgan fingerprint density at radius 2 is 1.73 bits per heavy atom. The van der Waals surface area contributed by atoms with Crippen molar-refractivity contribution in [2.24, 2.45) is 5.92 Å². The van der Waals surface area contributed by atoms with Crippen molar-refractivity contribution in [1.82, 2.24) is 19.8 Å². The predicted octanol–water partition coefficient (Wildman–Crippen LogP) is 5.92. The van der Waals surface area contributed by atoms with E-state index in [0.29, 0.717) is 12.1 Å². The normalized spacial score (nSPS) is 25.8. The number of likely N-dealkylation sites (N-methyl/N-ethyl adjacent to an activating group) is 1. The molecule has 2 N–H and O–H groups in total. The lowest BCUT2D eigenvalue weighted by Gasteiger charge is -2.48. The van der Waals surface area contributed by atoms with Gasteiger partial charge in [0, 0.05) is 59.2 Å². The molecular formula is C36H32N4O4. The highest BCUT2D eigenvalue weighted by atomic mass is 16.6. The monoisotopic (exact) mass is 584 g/mol. The Morgan fingerprint density at radius 3 is 2.52 bits per heavy atom. The Labute approximate surface area is 253 Å². The molecule has 8 nitrogen and oxygen atoms in total. The smallest absolute Gasteiger partial charge is 0.253 e. The van der Waals surface area contributed by atoms with E-state index in [9.17, 15) is 9.59 Å². The molecular weight excluding hydrogens is 552 g/mol. The van der Waals surface area contributed by atoms with E-state index >= 15 is 0 Å². The SMILES string of the molecule is CO[C@@H]1[C@H](N(C)C(=O)c2ccccc2)C2C[C@H]2O[C@]1(C)n1c2ccccc2c2c3c(c4c5ccccc5[nH]c4c21)C(=O)NC3. The minimum Gasteiger partial charge on any atom is -0.374 e. The average molecular weight is 585 g/mol. The van der Waals surface area contributed by atoms with Crippen molar-refractivity contribution in [2.45, 2.75) is 43.9 Å². The summed E-state index contributed by atoms with van der Waals surface area (Å²) in [5.74, 6) is 0.0958. The molecule has 2 aliphatic heterocycles. The largest absolute Gasteiger partial charge is 0.374 e. The average Bonchev–Trinajstić information content (AvgIpc) is 3.36. The first-order chi connectivity index (χ1) is 21.4. The van der Waals surface area contributed by atoms with Crippen molar-refractivity contribution in [3.8, 4) is 0 Å². The van der Waals surface area contributed by atoms with Crippen molar-refractivity contribution < 1.29 is 19.1 Å². The molecule has 220 valence electrons. The van der Waals surface area contributed by atoms with Gasteiger partial charge in [0.1, 0.15) is 6.10 Å². The van der Waals surface area contributed by atoms with Crippen LogP contribution in [0.25, 0.3) is 43.6 Å².